The number of aryl methyl sites for hydroxylation is 1. The molecule has 1 heterocycles. The smallest absolute Gasteiger partial charge is 0.225 e. The minimum absolute atomic E-state index is 0.216. The fourth-order valence-corrected chi connectivity index (χ4v) is 2.82. The van der Waals surface area contributed by atoms with Gasteiger partial charge in [0, 0.05) is 29.9 Å². The van der Waals surface area contributed by atoms with Crippen molar-refractivity contribution >= 4 is 11.8 Å². The number of benzene rings is 1. The number of rotatable bonds is 5. The molecule has 0 amide bonds. The first-order valence-electron chi connectivity index (χ1n) is 7.80. The summed E-state index contributed by atoms with van der Waals surface area (Å²) >= 11 is 0. The summed E-state index contributed by atoms with van der Waals surface area (Å²) in [6.07, 6.45) is 4.95. The van der Waals surface area contributed by atoms with Crippen LogP contribution < -0.4 is 10.6 Å². The molecule has 2 N–H and O–H groups in total. The fraction of sp³-hybridized carbons (Fsp3) is 0.412. The quantitative estimate of drug-likeness (QED) is 0.879. The van der Waals surface area contributed by atoms with Crippen LogP contribution in [0.4, 0.5) is 16.2 Å². The monoisotopic (exact) mass is 300 g/mol. The van der Waals surface area contributed by atoms with E-state index in [1.165, 1.54) is 31.7 Å². The zero-order valence-electron chi connectivity index (χ0n) is 12.8. The molecule has 22 heavy (non-hydrogen) atoms. The van der Waals surface area contributed by atoms with Crippen molar-refractivity contribution in [1.82, 2.24) is 9.97 Å². The molecule has 1 aliphatic carbocycles. The van der Waals surface area contributed by atoms with Gasteiger partial charge in [0.2, 0.25) is 5.95 Å². The molecule has 116 valence electrons. The lowest BCUT2D eigenvalue weighted by Crippen LogP contribution is -2.16. The minimum Gasteiger partial charge on any atom is -0.367 e. The number of halogens is 1. The summed E-state index contributed by atoms with van der Waals surface area (Å²) < 4.78 is 13.6. The van der Waals surface area contributed by atoms with E-state index in [4.69, 9.17) is 0 Å². The summed E-state index contributed by atoms with van der Waals surface area (Å²) in [6, 6.07) is 9.19. The van der Waals surface area contributed by atoms with E-state index in [1.54, 1.807) is 12.1 Å². The Morgan fingerprint density at radius 1 is 1.18 bits per heavy atom. The van der Waals surface area contributed by atoms with Crippen LogP contribution in [-0.4, -0.2) is 16.0 Å². The highest BCUT2D eigenvalue weighted by atomic mass is 19.1. The molecule has 0 spiro atoms. The molecule has 0 aliphatic heterocycles. The Labute approximate surface area is 130 Å². The van der Waals surface area contributed by atoms with Crippen molar-refractivity contribution in [3.8, 4) is 0 Å². The molecule has 0 unspecified atom stereocenters. The van der Waals surface area contributed by atoms with Gasteiger partial charge in [-0.15, -0.1) is 0 Å². The second-order valence-corrected chi connectivity index (χ2v) is 5.79. The normalized spacial score (nSPS) is 15.0. The lowest BCUT2D eigenvalue weighted by Gasteiger charge is -2.14. The van der Waals surface area contributed by atoms with Gasteiger partial charge in [-0.05, 0) is 25.8 Å². The molecule has 1 aliphatic rings. The summed E-state index contributed by atoms with van der Waals surface area (Å²) in [5, 5.41) is 6.57. The zero-order chi connectivity index (χ0) is 15.4. The topological polar surface area (TPSA) is 49.8 Å². The molecule has 1 aromatic heterocycles. The van der Waals surface area contributed by atoms with Crippen LogP contribution in [0.15, 0.2) is 30.3 Å². The minimum atomic E-state index is -0.216. The average molecular weight is 300 g/mol. The van der Waals surface area contributed by atoms with Crippen LogP contribution in [-0.2, 0) is 6.54 Å². The Bertz CT molecular complexity index is 638. The molecule has 3 rings (SSSR count). The van der Waals surface area contributed by atoms with Gasteiger partial charge in [-0.25, -0.2) is 9.37 Å². The van der Waals surface area contributed by atoms with E-state index in [2.05, 4.69) is 20.6 Å². The van der Waals surface area contributed by atoms with Gasteiger partial charge in [-0.2, -0.15) is 4.98 Å². The number of aromatic nitrogens is 2. The average Bonchev–Trinajstić information content (AvgIpc) is 2.99. The summed E-state index contributed by atoms with van der Waals surface area (Å²) in [5.74, 6) is 1.16. The van der Waals surface area contributed by atoms with Crippen LogP contribution >= 0.6 is 0 Å². The number of nitrogens with one attached hydrogen (secondary N) is 2. The van der Waals surface area contributed by atoms with Gasteiger partial charge in [0.1, 0.15) is 11.6 Å². The van der Waals surface area contributed by atoms with Crippen molar-refractivity contribution in [3.63, 3.8) is 0 Å². The molecule has 0 atom stereocenters. The fourth-order valence-electron chi connectivity index (χ4n) is 2.82. The Morgan fingerprint density at radius 3 is 2.73 bits per heavy atom. The molecule has 0 saturated heterocycles. The first-order valence-corrected chi connectivity index (χ1v) is 7.80. The van der Waals surface area contributed by atoms with Gasteiger partial charge >= 0.3 is 0 Å². The van der Waals surface area contributed by atoms with E-state index < -0.39 is 0 Å². The summed E-state index contributed by atoms with van der Waals surface area (Å²) in [6.45, 7) is 2.31. The maximum Gasteiger partial charge on any atom is 0.225 e. The lowest BCUT2D eigenvalue weighted by molar-refractivity contribution is 0.612. The first-order chi connectivity index (χ1) is 10.7. The highest BCUT2D eigenvalue weighted by Crippen LogP contribution is 2.22. The molecular formula is C17H21FN4. The van der Waals surface area contributed by atoms with E-state index in [0.29, 0.717) is 24.1 Å². The number of anilines is 2. The third kappa shape index (κ3) is 3.72. The van der Waals surface area contributed by atoms with Crippen LogP contribution in [0.2, 0.25) is 0 Å². The largest absolute Gasteiger partial charge is 0.367 e. The van der Waals surface area contributed by atoms with Gasteiger partial charge < -0.3 is 10.6 Å². The van der Waals surface area contributed by atoms with Crippen LogP contribution in [0.3, 0.4) is 0 Å². The maximum atomic E-state index is 13.6. The predicted octanol–water partition coefficient (Wildman–Crippen LogP) is 3.89. The van der Waals surface area contributed by atoms with Gasteiger partial charge in [0.15, 0.2) is 0 Å². The third-order valence-electron chi connectivity index (χ3n) is 3.96. The second-order valence-electron chi connectivity index (χ2n) is 5.79. The first kappa shape index (κ1) is 14.8. The van der Waals surface area contributed by atoms with E-state index in [1.807, 2.05) is 19.1 Å². The van der Waals surface area contributed by atoms with Crippen molar-refractivity contribution in [2.24, 2.45) is 0 Å². The number of hydrogen-bond donors (Lipinski definition) is 2. The SMILES string of the molecule is Cc1cc(NC2CCCC2)nc(NCc2ccccc2F)n1. The zero-order valence-corrected chi connectivity index (χ0v) is 12.8. The highest BCUT2D eigenvalue weighted by Gasteiger charge is 2.15. The lowest BCUT2D eigenvalue weighted by atomic mass is 10.2. The van der Waals surface area contributed by atoms with Gasteiger partial charge in [0.05, 0.1) is 0 Å². The Kier molecular flexibility index (Phi) is 4.51. The molecule has 1 saturated carbocycles. The van der Waals surface area contributed by atoms with E-state index in [-0.39, 0.29) is 5.82 Å². The summed E-state index contributed by atoms with van der Waals surface area (Å²) in [5.41, 5.74) is 1.50. The van der Waals surface area contributed by atoms with Gasteiger partial charge in [-0.3, -0.25) is 0 Å². The molecule has 0 radical (unpaired) electrons. The number of nitrogens with zero attached hydrogens (tertiary/aromatic N) is 2. The van der Waals surface area contributed by atoms with Gasteiger partial charge in [0.25, 0.3) is 0 Å². The molecule has 1 aromatic carbocycles. The van der Waals surface area contributed by atoms with Crippen molar-refractivity contribution < 1.29 is 4.39 Å². The van der Waals surface area contributed by atoms with Crippen molar-refractivity contribution in [2.45, 2.75) is 45.2 Å². The van der Waals surface area contributed by atoms with Crippen LogP contribution in [0.1, 0.15) is 36.9 Å². The second kappa shape index (κ2) is 6.73. The maximum absolute atomic E-state index is 13.6. The van der Waals surface area contributed by atoms with Crippen LogP contribution in [0, 0.1) is 12.7 Å². The van der Waals surface area contributed by atoms with Crippen LogP contribution in [0.25, 0.3) is 0 Å². The molecule has 0 bridgehead atoms. The van der Waals surface area contributed by atoms with Gasteiger partial charge in [-0.1, -0.05) is 31.0 Å². The molecular weight excluding hydrogens is 279 g/mol. The molecule has 1 fully saturated rings. The van der Waals surface area contributed by atoms with E-state index >= 15 is 0 Å². The Morgan fingerprint density at radius 2 is 1.95 bits per heavy atom. The molecule has 4 nitrogen and oxygen atoms in total. The van der Waals surface area contributed by atoms with Crippen molar-refractivity contribution in [1.29, 1.82) is 0 Å². The third-order valence-corrected chi connectivity index (χ3v) is 3.96. The molecule has 2 aromatic rings. The molecule has 5 heteroatoms. The van der Waals surface area contributed by atoms with Crippen LogP contribution in [0.5, 0.6) is 0 Å². The number of hydrogen-bond acceptors (Lipinski definition) is 4. The van der Waals surface area contributed by atoms with E-state index in [9.17, 15) is 4.39 Å². The van der Waals surface area contributed by atoms with Crippen molar-refractivity contribution in [3.05, 3.63) is 47.4 Å². The Hall–Kier alpha value is -2.17. The van der Waals surface area contributed by atoms with E-state index in [0.717, 1.165) is 11.5 Å². The van der Waals surface area contributed by atoms with Crippen molar-refractivity contribution in [2.75, 3.05) is 10.6 Å². The highest BCUT2D eigenvalue weighted by molar-refractivity contribution is 5.43. The standard InChI is InChI=1S/C17H21FN4/c1-12-10-16(21-14-7-3-4-8-14)22-17(20-12)19-11-13-6-2-5-9-15(13)18/h2,5-6,9-10,14H,3-4,7-8,11H2,1H3,(H2,19,20,21,22). The predicted molar refractivity (Wildman–Crippen MR) is 86.4 cm³/mol. The summed E-state index contributed by atoms with van der Waals surface area (Å²) in [7, 11) is 0. The Balaban J connectivity index is 1.68. The summed E-state index contributed by atoms with van der Waals surface area (Å²) in [4.78, 5) is 8.85.